The summed E-state index contributed by atoms with van der Waals surface area (Å²) in [5, 5.41) is 11.7. The number of carboxylic acid groups (broad SMARTS) is 1. The number of rotatable bonds is 6. The molecule has 1 aliphatic carbocycles. The second kappa shape index (κ2) is 5.57. The lowest BCUT2D eigenvalue weighted by Gasteiger charge is -2.38. The van der Waals surface area contributed by atoms with Crippen LogP contribution in [0.25, 0.3) is 0 Å². The molecule has 2 N–H and O–H groups in total. The van der Waals surface area contributed by atoms with Crippen LogP contribution in [0.3, 0.4) is 0 Å². The first-order chi connectivity index (χ1) is 7.46. The summed E-state index contributed by atoms with van der Waals surface area (Å²) >= 11 is 1.55. The van der Waals surface area contributed by atoms with E-state index < -0.39 is 11.5 Å². The van der Waals surface area contributed by atoms with E-state index in [-0.39, 0.29) is 5.91 Å². The van der Waals surface area contributed by atoms with Crippen LogP contribution in [0.15, 0.2) is 0 Å². The Morgan fingerprint density at radius 1 is 1.44 bits per heavy atom. The van der Waals surface area contributed by atoms with Crippen LogP contribution < -0.4 is 5.32 Å². The topological polar surface area (TPSA) is 66.4 Å². The van der Waals surface area contributed by atoms with Crippen molar-refractivity contribution < 1.29 is 14.7 Å². The molecule has 1 fully saturated rings. The predicted molar refractivity (Wildman–Crippen MR) is 64.5 cm³/mol. The Morgan fingerprint density at radius 2 is 2.06 bits per heavy atom. The predicted octanol–water partition coefficient (Wildman–Crippen LogP) is 1.50. The molecule has 1 amide bonds. The van der Waals surface area contributed by atoms with Crippen molar-refractivity contribution in [2.24, 2.45) is 5.92 Å². The minimum Gasteiger partial charge on any atom is -0.480 e. The molecule has 0 aromatic rings. The highest BCUT2D eigenvalue weighted by atomic mass is 32.2. The van der Waals surface area contributed by atoms with Gasteiger partial charge in [-0.05, 0) is 30.9 Å². The first kappa shape index (κ1) is 13.4. The van der Waals surface area contributed by atoms with Crippen LogP contribution in [-0.4, -0.2) is 34.0 Å². The van der Waals surface area contributed by atoms with Gasteiger partial charge in [-0.15, -0.1) is 0 Å². The van der Waals surface area contributed by atoms with Crippen molar-refractivity contribution in [3.05, 3.63) is 0 Å². The Balaban J connectivity index is 2.30. The molecule has 1 saturated carbocycles. The molecule has 0 heterocycles. The maximum absolute atomic E-state index is 11.5. The molecule has 0 bridgehead atoms. The number of hydrogen-bond donors (Lipinski definition) is 2. The second-order valence-electron chi connectivity index (χ2n) is 4.70. The molecule has 0 spiro atoms. The van der Waals surface area contributed by atoms with E-state index in [9.17, 15) is 9.59 Å². The van der Waals surface area contributed by atoms with Gasteiger partial charge in [0, 0.05) is 0 Å². The first-order valence-corrected chi connectivity index (χ1v) is 6.74. The lowest BCUT2D eigenvalue weighted by Crippen LogP contribution is -2.59. The van der Waals surface area contributed by atoms with E-state index in [4.69, 9.17) is 5.11 Å². The van der Waals surface area contributed by atoms with Crippen LogP contribution in [0.5, 0.6) is 0 Å². The molecular formula is C11H19NO3S. The number of nitrogens with one attached hydrogen (secondary N) is 1. The Labute approximate surface area is 100 Å². The minimum absolute atomic E-state index is 0.159. The molecule has 16 heavy (non-hydrogen) atoms. The third-order valence-corrected chi connectivity index (χ3v) is 4.05. The van der Waals surface area contributed by atoms with Gasteiger partial charge in [-0.3, -0.25) is 4.79 Å². The summed E-state index contributed by atoms with van der Waals surface area (Å²) in [6.07, 6.45) is 2.00. The zero-order valence-electron chi connectivity index (χ0n) is 9.78. The van der Waals surface area contributed by atoms with Crippen molar-refractivity contribution in [1.29, 1.82) is 0 Å². The average molecular weight is 245 g/mol. The summed E-state index contributed by atoms with van der Waals surface area (Å²) in [4.78, 5) is 22.5. The zero-order valence-corrected chi connectivity index (χ0v) is 10.6. The van der Waals surface area contributed by atoms with Crippen LogP contribution >= 0.6 is 11.8 Å². The SMILES string of the molecule is CC(C)CSCC(=O)NC1(C(=O)O)CCC1. The fourth-order valence-corrected chi connectivity index (χ4v) is 2.46. The summed E-state index contributed by atoms with van der Waals surface area (Å²) in [5.74, 6) is 0.768. The number of amides is 1. The molecule has 1 aliphatic rings. The highest BCUT2D eigenvalue weighted by Gasteiger charge is 2.45. The van der Waals surface area contributed by atoms with Crippen molar-refractivity contribution in [2.45, 2.75) is 38.6 Å². The largest absolute Gasteiger partial charge is 0.480 e. The summed E-state index contributed by atoms with van der Waals surface area (Å²) in [6.45, 7) is 4.19. The van der Waals surface area contributed by atoms with E-state index in [0.29, 0.717) is 24.5 Å². The van der Waals surface area contributed by atoms with Gasteiger partial charge in [0.2, 0.25) is 5.91 Å². The third kappa shape index (κ3) is 3.40. The fourth-order valence-electron chi connectivity index (χ4n) is 1.61. The maximum atomic E-state index is 11.5. The lowest BCUT2D eigenvalue weighted by atomic mass is 9.77. The van der Waals surface area contributed by atoms with E-state index in [1.54, 1.807) is 11.8 Å². The van der Waals surface area contributed by atoms with Crippen LogP contribution in [-0.2, 0) is 9.59 Å². The molecule has 0 aromatic carbocycles. The van der Waals surface area contributed by atoms with E-state index in [1.165, 1.54) is 0 Å². The Bertz CT molecular complexity index is 274. The molecule has 4 nitrogen and oxygen atoms in total. The zero-order chi connectivity index (χ0) is 12.2. The molecule has 0 aromatic heterocycles. The summed E-state index contributed by atoms with van der Waals surface area (Å²) in [6, 6.07) is 0. The van der Waals surface area contributed by atoms with Crippen LogP contribution in [0.1, 0.15) is 33.1 Å². The minimum atomic E-state index is -0.963. The van der Waals surface area contributed by atoms with Gasteiger partial charge in [0.15, 0.2) is 0 Å². The quantitative estimate of drug-likeness (QED) is 0.744. The molecule has 0 atom stereocenters. The average Bonchev–Trinajstić information content (AvgIpc) is 2.10. The van der Waals surface area contributed by atoms with Crippen LogP contribution in [0, 0.1) is 5.92 Å². The van der Waals surface area contributed by atoms with Crippen LogP contribution in [0.2, 0.25) is 0 Å². The standard InChI is InChI=1S/C11H19NO3S/c1-8(2)6-16-7-9(13)12-11(10(14)15)4-3-5-11/h8H,3-7H2,1-2H3,(H,12,13)(H,14,15). The first-order valence-electron chi connectivity index (χ1n) is 5.58. The molecule has 0 unspecified atom stereocenters. The van der Waals surface area contributed by atoms with Gasteiger partial charge in [0.05, 0.1) is 5.75 Å². The van der Waals surface area contributed by atoms with E-state index >= 15 is 0 Å². The molecule has 0 saturated heterocycles. The van der Waals surface area contributed by atoms with Gasteiger partial charge in [-0.25, -0.2) is 4.79 Å². The fraction of sp³-hybridized carbons (Fsp3) is 0.818. The highest BCUT2D eigenvalue weighted by molar-refractivity contribution is 7.99. The van der Waals surface area contributed by atoms with Crippen molar-refractivity contribution >= 4 is 23.6 Å². The van der Waals surface area contributed by atoms with Gasteiger partial charge >= 0.3 is 5.97 Å². The maximum Gasteiger partial charge on any atom is 0.329 e. The smallest absolute Gasteiger partial charge is 0.329 e. The third-order valence-electron chi connectivity index (χ3n) is 2.68. The van der Waals surface area contributed by atoms with Crippen molar-refractivity contribution in [2.75, 3.05) is 11.5 Å². The summed E-state index contributed by atoms with van der Waals surface area (Å²) in [5.41, 5.74) is -0.963. The number of carboxylic acids is 1. The van der Waals surface area contributed by atoms with Gasteiger partial charge in [0.1, 0.15) is 5.54 Å². The Kier molecular flexibility index (Phi) is 4.65. The van der Waals surface area contributed by atoms with E-state index in [0.717, 1.165) is 12.2 Å². The number of carbonyl (C=O) groups excluding carboxylic acids is 1. The van der Waals surface area contributed by atoms with Crippen LogP contribution in [0.4, 0.5) is 0 Å². The lowest BCUT2D eigenvalue weighted by molar-refractivity contribution is -0.151. The molecule has 1 rings (SSSR count). The summed E-state index contributed by atoms with van der Waals surface area (Å²) < 4.78 is 0. The van der Waals surface area contributed by atoms with E-state index in [2.05, 4.69) is 19.2 Å². The van der Waals surface area contributed by atoms with Gasteiger partial charge in [0.25, 0.3) is 0 Å². The molecule has 0 aliphatic heterocycles. The Hall–Kier alpha value is -0.710. The normalized spacial score (nSPS) is 17.9. The number of aliphatic carboxylic acids is 1. The molecule has 92 valence electrons. The number of hydrogen-bond acceptors (Lipinski definition) is 3. The highest BCUT2D eigenvalue weighted by Crippen LogP contribution is 2.32. The van der Waals surface area contributed by atoms with Crippen molar-refractivity contribution in [3.8, 4) is 0 Å². The van der Waals surface area contributed by atoms with Crippen molar-refractivity contribution in [1.82, 2.24) is 5.32 Å². The Morgan fingerprint density at radius 3 is 2.44 bits per heavy atom. The molecular weight excluding hydrogens is 226 g/mol. The molecule has 5 heteroatoms. The number of thioether (sulfide) groups is 1. The van der Waals surface area contributed by atoms with Gasteiger partial charge in [-0.2, -0.15) is 11.8 Å². The summed E-state index contributed by atoms with van der Waals surface area (Å²) in [7, 11) is 0. The second-order valence-corrected chi connectivity index (χ2v) is 5.73. The van der Waals surface area contributed by atoms with Gasteiger partial charge in [-0.1, -0.05) is 13.8 Å². The van der Waals surface area contributed by atoms with E-state index in [1.807, 2.05) is 0 Å². The molecule has 0 radical (unpaired) electrons. The monoisotopic (exact) mass is 245 g/mol. The number of carbonyl (C=O) groups is 2. The van der Waals surface area contributed by atoms with Gasteiger partial charge < -0.3 is 10.4 Å². The van der Waals surface area contributed by atoms with Crippen molar-refractivity contribution in [3.63, 3.8) is 0 Å².